The maximum Gasteiger partial charge on any atom is 0.264 e. The first-order valence-electron chi connectivity index (χ1n) is 9.70. The molecule has 1 aliphatic rings. The summed E-state index contributed by atoms with van der Waals surface area (Å²) >= 11 is 0. The number of aromatic nitrogens is 1. The van der Waals surface area contributed by atoms with Gasteiger partial charge in [0.1, 0.15) is 0 Å². The Morgan fingerprint density at radius 2 is 1.81 bits per heavy atom. The summed E-state index contributed by atoms with van der Waals surface area (Å²) in [7, 11) is -3.65. The zero-order valence-corrected chi connectivity index (χ0v) is 17.6. The van der Waals surface area contributed by atoms with Gasteiger partial charge < -0.3 is 10.0 Å². The van der Waals surface area contributed by atoms with Crippen molar-refractivity contribution in [2.75, 3.05) is 19.3 Å². The summed E-state index contributed by atoms with van der Waals surface area (Å²) in [6.07, 6.45) is 2.68. The first-order valence-corrected chi connectivity index (χ1v) is 11.6. The van der Waals surface area contributed by atoms with Crippen molar-refractivity contribution in [1.82, 2.24) is 14.6 Å². The third-order valence-electron chi connectivity index (χ3n) is 5.18. The highest BCUT2D eigenvalue weighted by Gasteiger charge is 2.25. The van der Waals surface area contributed by atoms with E-state index in [1.54, 1.807) is 53.6 Å². The molecule has 0 saturated carbocycles. The molecule has 3 aromatic rings. The second-order valence-electron chi connectivity index (χ2n) is 7.56. The van der Waals surface area contributed by atoms with E-state index in [4.69, 9.17) is 0 Å². The van der Waals surface area contributed by atoms with Crippen molar-refractivity contribution in [2.24, 2.45) is 0 Å². The van der Waals surface area contributed by atoms with Crippen molar-refractivity contribution in [3.63, 3.8) is 0 Å². The number of pyridine rings is 1. The van der Waals surface area contributed by atoms with Gasteiger partial charge in [-0.3, -0.25) is 14.6 Å². The number of nitrogens with one attached hydrogen (secondary N) is 1. The second kappa shape index (κ2) is 8.09. The van der Waals surface area contributed by atoms with Crippen LogP contribution in [-0.2, 0) is 10.0 Å². The number of likely N-dealkylation sites (tertiary alicyclic amines) is 1. The van der Waals surface area contributed by atoms with Gasteiger partial charge in [-0.05, 0) is 53.9 Å². The van der Waals surface area contributed by atoms with Gasteiger partial charge in [0.2, 0.25) is 10.0 Å². The van der Waals surface area contributed by atoms with Gasteiger partial charge in [0.05, 0.1) is 17.9 Å². The van der Waals surface area contributed by atoms with E-state index in [1.807, 2.05) is 10.8 Å². The van der Waals surface area contributed by atoms with Crippen LogP contribution < -0.4 is 4.72 Å². The highest BCUT2D eigenvalue weighted by molar-refractivity contribution is 7.89. The molecule has 1 aromatic heterocycles. The maximum absolute atomic E-state index is 12.8. The lowest BCUT2D eigenvalue weighted by molar-refractivity contribution is 0.0765. The number of rotatable bonds is 4. The lowest BCUT2D eigenvalue weighted by atomic mass is 9.98. The molecule has 8 nitrogen and oxygen atoms in total. The van der Waals surface area contributed by atoms with Crippen molar-refractivity contribution in [1.29, 1.82) is 0 Å². The van der Waals surface area contributed by atoms with Crippen molar-refractivity contribution in [2.45, 2.75) is 12.5 Å². The van der Waals surface area contributed by atoms with Crippen LogP contribution in [0, 0.1) is 0 Å². The Balaban J connectivity index is 1.67. The number of nitrogens with zero attached hydrogens (tertiary/aromatic N) is 2. The summed E-state index contributed by atoms with van der Waals surface area (Å²) in [5, 5.41) is 10.5. The monoisotopic (exact) mass is 439 g/mol. The predicted molar refractivity (Wildman–Crippen MR) is 116 cm³/mol. The normalized spacial score (nSPS) is 16.5. The molecule has 31 heavy (non-hydrogen) atoms. The van der Waals surface area contributed by atoms with E-state index in [9.17, 15) is 23.1 Å². The summed E-state index contributed by atoms with van der Waals surface area (Å²) in [5.41, 5.74) is 3.08. The molecule has 2 N–H and O–H groups in total. The Kier molecular flexibility index (Phi) is 5.47. The molecule has 2 amide bonds. The molecular weight excluding hydrogens is 418 g/mol. The zero-order valence-electron chi connectivity index (χ0n) is 16.8. The number of carbonyl (C=O) groups excluding carboxylic acids is 2. The smallest absolute Gasteiger partial charge is 0.264 e. The average Bonchev–Trinajstić information content (AvgIpc) is 3.17. The predicted octanol–water partition coefficient (Wildman–Crippen LogP) is 1.80. The van der Waals surface area contributed by atoms with Crippen LogP contribution in [0.2, 0.25) is 0 Å². The molecule has 9 heteroatoms. The van der Waals surface area contributed by atoms with Crippen molar-refractivity contribution in [3.05, 3.63) is 65.9 Å². The van der Waals surface area contributed by atoms with Crippen LogP contribution in [0.25, 0.3) is 22.0 Å². The number of carbonyl (C=O) groups is 2. The summed E-state index contributed by atoms with van der Waals surface area (Å²) in [6, 6.07) is 13.6. The quantitative estimate of drug-likeness (QED) is 0.640. The number of benzene rings is 2. The minimum atomic E-state index is -3.65. The molecule has 0 spiro atoms. The van der Waals surface area contributed by atoms with Gasteiger partial charge >= 0.3 is 0 Å². The van der Waals surface area contributed by atoms with Gasteiger partial charge in [0.25, 0.3) is 11.8 Å². The third kappa shape index (κ3) is 4.57. The van der Waals surface area contributed by atoms with E-state index in [2.05, 4.69) is 4.98 Å². The third-order valence-corrected chi connectivity index (χ3v) is 5.73. The van der Waals surface area contributed by atoms with Crippen LogP contribution in [0.4, 0.5) is 0 Å². The molecule has 2 aromatic carbocycles. The molecule has 0 radical (unpaired) electrons. The minimum Gasteiger partial charge on any atom is -0.391 e. The van der Waals surface area contributed by atoms with E-state index in [1.165, 1.54) is 0 Å². The fraction of sp³-hybridized carbons (Fsp3) is 0.227. The number of fused-ring (bicyclic) bond motifs is 1. The van der Waals surface area contributed by atoms with Gasteiger partial charge in [-0.1, -0.05) is 12.1 Å². The lowest BCUT2D eigenvalue weighted by Gasteiger charge is -2.16. The van der Waals surface area contributed by atoms with Gasteiger partial charge in [-0.2, -0.15) is 0 Å². The number of sulfonamides is 1. The maximum atomic E-state index is 12.8. The minimum absolute atomic E-state index is 0.138. The Bertz CT molecular complexity index is 1270. The van der Waals surface area contributed by atoms with E-state index in [-0.39, 0.29) is 11.5 Å². The summed E-state index contributed by atoms with van der Waals surface area (Å²) < 4.78 is 24.5. The fourth-order valence-electron chi connectivity index (χ4n) is 3.67. The van der Waals surface area contributed by atoms with Gasteiger partial charge in [-0.25, -0.2) is 13.1 Å². The Morgan fingerprint density at radius 3 is 2.45 bits per heavy atom. The second-order valence-corrected chi connectivity index (χ2v) is 9.31. The van der Waals surface area contributed by atoms with Crippen molar-refractivity contribution < 1.29 is 23.1 Å². The van der Waals surface area contributed by atoms with Crippen LogP contribution in [0.15, 0.2) is 54.7 Å². The zero-order chi connectivity index (χ0) is 22.2. The molecule has 1 saturated heterocycles. The Hall–Kier alpha value is -3.30. The van der Waals surface area contributed by atoms with Crippen LogP contribution in [0.1, 0.15) is 27.1 Å². The van der Waals surface area contributed by atoms with E-state index < -0.39 is 22.0 Å². The molecule has 1 aliphatic heterocycles. The Labute approximate surface area is 179 Å². The van der Waals surface area contributed by atoms with Gasteiger partial charge in [0.15, 0.2) is 0 Å². The van der Waals surface area contributed by atoms with Gasteiger partial charge in [0, 0.05) is 35.8 Å². The van der Waals surface area contributed by atoms with Crippen LogP contribution >= 0.6 is 0 Å². The van der Waals surface area contributed by atoms with Crippen LogP contribution in [0.3, 0.4) is 0 Å². The first kappa shape index (κ1) is 21.0. The standard InChI is InChI=1S/C22H21N3O5S/c1-31(29,30)24-21(27)15-4-2-14(3-5-15)18-8-10-23-20-7-6-16(12-19(18)20)22(28)25-11-9-17(26)13-25/h2-8,10,12,17,26H,9,11,13H2,1H3,(H,24,27)/t17-/m1/s1. The summed E-state index contributed by atoms with van der Waals surface area (Å²) in [4.78, 5) is 30.9. The van der Waals surface area contributed by atoms with Gasteiger partial charge in [-0.15, -0.1) is 0 Å². The SMILES string of the molecule is CS(=O)(=O)NC(=O)c1ccc(-c2ccnc3ccc(C(=O)N4CC[C@@H](O)C4)cc23)cc1. The molecule has 0 unspecified atom stereocenters. The number of aliphatic hydroxyl groups is 1. The molecule has 4 rings (SSSR count). The highest BCUT2D eigenvalue weighted by atomic mass is 32.2. The average molecular weight is 439 g/mol. The molecule has 2 heterocycles. The molecule has 0 bridgehead atoms. The molecule has 0 aliphatic carbocycles. The topological polar surface area (TPSA) is 117 Å². The molecular formula is C22H21N3O5S. The summed E-state index contributed by atoms with van der Waals surface area (Å²) in [5.74, 6) is -0.838. The van der Waals surface area contributed by atoms with Crippen molar-refractivity contribution >= 4 is 32.7 Å². The summed E-state index contributed by atoms with van der Waals surface area (Å²) in [6.45, 7) is 0.850. The number of aliphatic hydroxyl groups excluding tert-OH is 1. The van der Waals surface area contributed by atoms with E-state index >= 15 is 0 Å². The van der Waals surface area contributed by atoms with E-state index in [0.29, 0.717) is 25.1 Å². The van der Waals surface area contributed by atoms with Crippen LogP contribution in [-0.4, -0.2) is 60.7 Å². The molecule has 160 valence electrons. The molecule has 1 atom stereocenters. The number of β-amino-alcohol motifs (C(OH)–C–C–N with tert-alkyl or cyclic N) is 1. The van der Waals surface area contributed by atoms with Crippen LogP contribution in [0.5, 0.6) is 0 Å². The van der Waals surface area contributed by atoms with E-state index in [0.717, 1.165) is 28.3 Å². The molecule has 1 fully saturated rings. The van der Waals surface area contributed by atoms with Crippen molar-refractivity contribution in [3.8, 4) is 11.1 Å². The Morgan fingerprint density at radius 1 is 1.10 bits per heavy atom. The highest BCUT2D eigenvalue weighted by Crippen LogP contribution is 2.29. The first-order chi connectivity index (χ1) is 14.7. The largest absolute Gasteiger partial charge is 0.391 e. The fourth-order valence-corrected chi connectivity index (χ4v) is 4.12. The number of hydrogen-bond acceptors (Lipinski definition) is 6. The number of amides is 2. The lowest BCUT2D eigenvalue weighted by Crippen LogP contribution is -2.29. The number of hydrogen-bond donors (Lipinski definition) is 2.